The first-order valence-corrected chi connectivity index (χ1v) is 7.99. The Morgan fingerprint density at radius 2 is 1.83 bits per heavy atom. The Kier molecular flexibility index (Phi) is 2.97. The van der Waals surface area contributed by atoms with E-state index in [1.165, 1.54) is 11.1 Å². The van der Waals surface area contributed by atoms with E-state index in [-0.39, 0.29) is 11.5 Å². The Morgan fingerprint density at radius 3 is 2.62 bits per heavy atom. The van der Waals surface area contributed by atoms with Crippen molar-refractivity contribution in [3.8, 4) is 16.9 Å². The third kappa shape index (κ3) is 2.16. The minimum absolute atomic E-state index is 0.181. The number of nitrogen functional groups attached to an aromatic ring is 2. The highest BCUT2D eigenvalue weighted by Crippen LogP contribution is 2.42. The topological polar surface area (TPSA) is 87.0 Å². The number of ether oxygens (including phenoxy) is 1. The maximum atomic E-state index is 6.10. The summed E-state index contributed by atoms with van der Waals surface area (Å²) in [6.07, 6.45) is 0.879. The zero-order chi connectivity index (χ0) is 17.1. The van der Waals surface area contributed by atoms with Crippen molar-refractivity contribution >= 4 is 22.7 Å². The van der Waals surface area contributed by atoms with Crippen molar-refractivity contribution in [3.63, 3.8) is 0 Å². The van der Waals surface area contributed by atoms with Gasteiger partial charge in [-0.15, -0.1) is 0 Å². The van der Waals surface area contributed by atoms with Crippen LogP contribution in [0.15, 0.2) is 30.3 Å². The van der Waals surface area contributed by atoms with Crippen molar-refractivity contribution in [2.45, 2.75) is 32.8 Å². The van der Waals surface area contributed by atoms with Crippen LogP contribution in [-0.2, 0) is 6.42 Å². The number of anilines is 2. The average Bonchev–Trinajstić information content (AvgIpc) is 2.81. The molecule has 2 aromatic carbocycles. The molecule has 4 N–H and O–H groups in total. The second kappa shape index (κ2) is 4.84. The molecule has 0 fully saturated rings. The lowest BCUT2D eigenvalue weighted by Gasteiger charge is -2.16. The van der Waals surface area contributed by atoms with Crippen molar-refractivity contribution in [3.05, 3.63) is 41.5 Å². The molecule has 1 aromatic heterocycles. The Bertz CT molecular complexity index is 979. The Labute approximate surface area is 140 Å². The average molecular weight is 320 g/mol. The molecule has 0 spiro atoms. The maximum absolute atomic E-state index is 6.10. The van der Waals surface area contributed by atoms with Crippen LogP contribution in [0.1, 0.15) is 25.0 Å². The fourth-order valence-electron chi connectivity index (χ4n) is 3.59. The van der Waals surface area contributed by atoms with E-state index in [1.807, 2.05) is 25.1 Å². The fourth-order valence-corrected chi connectivity index (χ4v) is 3.59. The summed E-state index contributed by atoms with van der Waals surface area (Å²) < 4.78 is 6.06. The van der Waals surface area contributed by atoms with E-state index in [0.717, 1.165) is 34.2 Å². The van der Waals surface area contributed by atoms with Gasteiger partial charge in [0.15, 0.2) is 0 Å². The molecule has 0 bridgehead atoms. The van der Waals surface area contributed by atoms with Gasteiger partial charge in [0.25, 0.3) is 0 Å². The van der Waals surface area contributed by atoms with Gasteiger partial charge in [0, 0.05) is 17.4 Å². The number of aromatic nitrogens is 2. The summed E-state index contributed by atoms with van der Waals surface area (Å²) in [4.78, 5) is 8.40. The quantitative estimate of drug-likeness (QED) is 0.716. The van der Waals surface area contributed by atoms with Crippen LogP contribution < -0.4 is 16.2 Å². The van der Waals surface area contributed by atoms with Gasteiger partial charge < -0.3 is 16.2 Å². The first-order valence-electron chi connectivity index (χ1n) is 7.99. The summed E-state index contributed by atoms with van der Waals surface area (Å²) in [5.41, 5.74) is 17.0. The molecule has 1 aliphatic heterocycles. The molecular formula is C19H20N4O. The van der Waals surface area contributed by atoms with E-state index in [9.17, 15) is 0 Å². The largest absolute Gasteiger partial charge is 0.487 e. The zero-order valence-electron chi connectivity index (χ0n) is 14.1. The predicted molar refractivity (Wildman–Crippen MR) is 96.9 cm³/mol. The number of nitrogens with two attached hydrogens (primary N) is 2. The summed E-state index contributed by atoms with van der Waals surface area (Å²) in [5, 5.41) is 0.859. The monoisotopic (exact) mass is 320 g/mol. The fraction of sp³-hybridized carbons (Fsp3) is 0.263. The van der Waals surface area contributed by atoms with E-state index in [2.05, 4.69) is 35.9 Å². The Hall–Kier alpha value is -2.82. The highest BCUT2D eigenvalue weighted by atomic mass is 16.5. The van der Waals surface area contributed by atoms with Gasteiger partial charge in [-0.25, -0.2) is 4.98 Å². The number of rotatable bonds is 1. The summed E-state index contributed by atoms with van der Waals surface area (Å²) in [6.45, 7) is 6.27. The maximum Gasteiger partial charge on any atom is 0.222 e. The Balaban J connectivity index is 1.97. The molecular weight excluding hydrogens is 300 g/mol. The number of aryl methyl sites for hydroxylation is 1. The molecule has 5 nitrogen and oxygen atoms in total. The summed E-state index contributed by atoms with van der Waals surface area (Å²) in [5.74, 6) is 1.57. The molecule has 24 heavy (non-hydrogen) atoms. The molecule has 0 amide bonds. The number of hydrogen-bond acceptors (Lipinski definition) is 5. The van der Waals surface area contributed by atoms with Crippen molar-refractivity contribution < 1.29 is 4.74 Å². The van der Waals surface area contributed by atoms with Gasteiger partial charge in [0.05, 0.1) is 5.52 Å². The van der Waals surface area contributed by atoms with Gasteiger partial charge in [0.1, 0.15) is 17.2 Å². The normalized spacial score (nSPS) is 15.3. The van der Waals surface area contributed by atoms with Crippen LogP contribution in [0.2, 0.25) is 0 Å². The van der Waals surface area contributed by atoms with Gasteiger partial charge in [-0.2, -0.15) is 4.98 Å². The van der Waals surface area contributed by atoms with E-state index >= 15 is 0 Å². The van der Waals surface area contributed by atoms with Crippen molar-refractivity contribution in [1.29, 1.82) is 0 Å². The van der Waals surface area contributed by atoms with Crippen LogP contribution >= 0.6 is 0 Å². The number of hydrogen-bond donors (Lipinski definition) is 2. The van der Waals surface area contributed by atoms with E-state index < -0.39 is 0 Å². The SMILES string of the molecule is Cc1c(-c2cccc3c2CC(C)(C)O3)ccc2nc(N)nc(N)c12. The van der Waals surface area contributed by atoms with Crippen molar-refractivity contribution in [2.75, 3.05) is 11.5 Å². The van der Waals surface area contributed by atoms with Gasteiger partial charge in [-0.3, -0.25) is 0 Å². The second-order valence-electron chi connectivity index (χ2n) is 6.92. The third-order valence-corrected chi connectivity index (χ3v) is 4.58. The lowest BCUT2D eigenvalue weighted by molar-refractivity contribution is 0.138. The number of fused-ring (bicyclic) bond motifs is 2. The van der Waals surface area contributed by atoms with E-state index in [4.69, 9.17) is 16.2 Å². The smallest absolute Gasteiger partial charge is 0.222 e. The van der Waals surface area contributed by atoms with Crippen molar-refractivity contribution in [1.82, 2.24) is 9.97 Å². The minimum Gasteiger partial charge on any atom is -0.487 e. The highest BCUT2D eigenvalue weighted by molar-refractivity contribution is 5.97. The molecule has 2 heterocycles. The first kappa shape index (κ1) is 14.8. The number of nitrogens with zero attached hydrogens (tertiary/aromatic N) is 2. The molecule has 0 atom stereocenters. The van der Waals surface area contributed by atoms with Crippen LogP contribution in [0.25, 0.3) is 22.0 Å². The molecule has 5 heteroatoms. The van der Waals surface area contributed by atoms with Gasteiger partial charge in [-0.05, 0) is 49.6 Å². The third-order valence-electron chi connectivity index (χ3n) is 4.58. The molecule has 0 radical (unpaired) electrons. The summed E-state index contributed by atoms with van der Waals surface area (Å²) >= 11 is 0. The van der Waals surface area contributed by atoms with Crippen LogP contribution in [0.4, 0.5) is 11.8 Å². The molecule has 1 aliphatic rings. The van der Waals surface area contributed by atoms with Gasteiger partial charge in [0.2, 0.25) is 5.95 Å². The second-order valence-corrected chi connectivity index (χ2v) is 6.92. The van der Waals surface area contributed by atoms with Gasteiger partial charge >= 0.3 is 0 Å². The van der Waals surface area contributed by atoms with Crippen LogP contribution in [0.3, 0.4) is 0 Å². The molecule has 4 rings (SSSR count). The molecule has 0 saturated heterocycles. The van der Waals surface area contributed by atoms with E-state index in [1.54, 1.807) is 0 Å². The van der Waals surface area contributed by atoms with Crippen LogP contribution in [-0.4, -0.2) is 15.6 Å². The molecule has 0 unspecified atom stereocenters. The standard InChI is InChI=1S/C19H20N4O/c1-10-11(7-8-14-16(10)17(20)23-18(21)22-14)12-5-4-6-15-13(12)9-19(2,3)24-15/h4-8H,9H2,1-3H3,(H4,20,21,22,23). The van der Waals surface area contributed by atoms with Crippen LogP contribution in [0.5, 0.6) is 5.75 Å². The number of benzene rings is 2. The minimum atomic E-state index is -0.181. The molecule has 122 valence electrons. The van der Waals surface area contributed by atoms with E-state index in [0.29, 0.717) is 5.82 Å². The van der Waals surface area contributed by atoms with Crippen LogP contribution in [0, 0.1) is 6.92 Å². The molecule has 0 saturated carbocycles. The Morgan fingerprint density at radius 1 is 1.04 bits per heavy atom. The zero-order valence-corrected chi connectivity index (χ0v) is 14.1. The summed E-state index contributed by atoms with van der Waals surface area (Å²) in [7, 11) is 0. The first-order chi connectivity index (χ1) is 11.4. The lowest BCUT2D eigenvalue weighted by atomic mass is 9.90. The molecule has 0 aliphatic carbocycles. The van der Waals surface area contributed by atoms with Gasteiger partial charge in [-0.1, -0.05) is 18.2 Å². The summed E-state index contributed by atoms with van der Waals surface area (Å²) in [6, 6.07) is 10.2. The highest BCUT2D eigenvalue weighted by Gasteiger charge is 2.32. The van der Waals surface area contributed by atoms with Crippen molar-refractivity contribution in [2.24, 2.45) is 0 Å². The lowest BCUT2D eigenvalue weighted by Crippen LogP contribution is -2.24. The predicted octanol–water partition coefficient (Wildman–Crippen LogP) is 3.48. The molecule has 3 aromatic rings.